The van der Waals surface area contributed by atoms with Gasteiger partial charge in [0.1, 0.15) is 11.9 Å². The predicted molar refractivity (Wildman–Crippen MR) is 109 cm³/mol. The molecule has 6 heteroatoms. The van der Waals surface area contributed by atoms with E-state index in [2.05, 4.69) is 5.32 Å². The maximum atomic E-state index is 12.9. The lowest BCUT2D eigenvalue weighted by Gasteiger charge is -2.43. The van der Waals surface area contributed by atoms with Crippen molar-refractivity contribution in [3.8, 4) is 5.75 Å². The number of methoxy groups -OCH3 is 2. The number of ether oxygens (including phenoxy) is 2. The van der Waals surface area contributed by atoms with E-state index < -0.39 is 0 Å². The molecule has 1 amide bonds. The molecule has 27 heavy (non-hydrogen) atoms. The van der Waals surface area contributed by atoms with Crippen molar-refractivity contribution in [1.29, 1.82) is 0 Å². The minimum absolute atomic E-state index is 0. The fourth-order valence-corrected chi connectivity index (χ4v) is 4.84. The average molecular weight is 397 g/mol. The number of amides is 1. The van der Waals surface area contributed by atoms with Gasteiger partial charge in [0.25, 0.3) is 0 Å². The van der Waals surface area contributed by atoms with E-state index in [9.17, 15) is 4.79 Å². The van der Waals surface area contributed by atoms with Crippen LogP contribution in [0.3, 0.4) is 0 Å². The number of hydrogen-bond donors (Lipinski definition) is 2. The summed E-state index contributed by atoms with van der Waals surface area (Å²) in [5.41, 5.74) is 7.39. The highest BCUT2D eigenvalue weighted by atomic mass is 35.5. The molecule has 5 nitrogen and oxygen atoms in total. The second-order valence-electron chi connectivity index (χ2n) is 7.92. The zero-order valence-electron chi connectivity index (χ0n) is 16.5. The maximum Gasteiger partial charge on any atom is 0.223 e. The van der Waals surface area contributed by atoms with Crippen molar-refractivity contribution >= 4 is 18.3 Å². The first-order chi connectivity index (χ1) is 12.5. The molecule has 0 aromatic heterocycles. The molecule has 0 saturated heterocycles. The van der Waals surface area contributed by atoms with Crippen LogP contribution >= 0.6 is 12.4 Å². The number of nitrogens with one attached hydrogen (secondary N) is 1. The molecule has 0 heterocycles. The summed E-state index contributed by atoms with van der Waals surface area (Å²) in [6.07, 6.45) is 5.27. The van der Waals surface area contributed by atoms with E-state index in [4.69, 9.17) is 15.2 Å². The number of hydrogen-bond acceptors (Lipinski definition) is 4. The number of nitrogens with two attached hydrogens (primary N) is 1. The lowest BCUT2D eigenvalue weighted by atomic mass is 9.65. The van der Waals surface area contributed by atoms with Crippen molar-refractivity contribution < 1.29 is 14.3 Å². The Morgan fingerprint density at radius 1 is 1.15 bits per heavy atom. The molecule has 2 aliphatic rings. The maximum absolute atomic E-state index is 12.9. The lowest BCUT2D eigenvalue weighted by molar-refractivity contribution is -0.129. The van der Waals surface area contributed by atoms with Crippen LogP contribution in [0.4, 0.5) is 0 Å². The molecule has 3 N–H and O–H groups in total. The molecule has 2 bridgehead atoms. The molecule has 1 aromatic rings. The summed E-state index contributed by atoms with van der Waals surface area (Å²) in [5, 5.41) is 3.20. The van der Waals surface area contributed by atoms with E-state index in [0.717, 1.165) is 24.2 Å². The summed E-state index contributed by atoms with van der Waals surface area (Å²) in [6.45, 7) is 2.01. The summed E-state index contributed by atoms with van der Waals surface area (Å²) in [5.74, 6) is 2.06. The van der Waals surface area contributed by atoms with Crippen LogP contribution in [0.2, 0.25) is 0 Å². The third kappa shape index (κ3) is 4.95. The molecule has 0 radical (unpaired) electrons. The number of rotatable bonds is 6. The van der Waals surface area contributed by atoms with Crippen molar-refractivity contribution in [1.82, 2.24) is 5.32 Å². The Bertz CT molecular complexity index is 596. The van der Waals surface area contributed by atoms with Crippen LogP contribution in [0.15, 0.2) is 24.3 Å². The standard InChI is InChI=1S/C21H32N2O3.ClH/c1-13(20(26-3)14-7-9-18(25-2)10-8-14)23-21(24)17-11-15-5-4-6-16(12-17)19(15)22;/h7-10,13,15-17,19-20H,4-6,11-12,22H2,1-3H3,(H,23,24);1H. The summed E-state index contributed by atoms with van der Waals surface area (Å²) in [4.78, 5) is 12.9. The molecular formula is C21H33ClN2O3. The fraction of sp³-hybridized carbons (Fsp3) is 0.667. The van der Waals surface area contributed by atoms with Crippen molar-refractivity contribution in [3.05, 3.63) is 29.8 Å². The fourth-order valence-electron chi connectivity index (χ4n) is 4.84. The predicted octanol–water partition coefficient (Wildman–Crippen LogP) is 3.46. The summed E-state index contributed by atoms with van der Waals surface area (Å²) < 4.78 is 10.9. The van der Waals surface area contributed by atoms with E-state index in [1.54, 1.807) is 14.2 Å². The molecule has 4 unspecified atom stereocenters. The average Bonchev–Trinajstić information content (AvgIpc) is 2.62. The molecule has 2 fully saturated rings. The van der Waals surface area contributed by atoms with Gasteiger partial charge in [-0.05, 0) is 62.1 Å². The van der Waals surface area contributed by atoms with E-state index in [0.29, 0.717) is 11.8 Å². The summed E-state index contributed by atoms with van der Waals surface area (Å²) >= 11 is 0. The third-order valence-electron chi connectivity index (χ3n) is 6.31. The van der Waals surface area contributed by atoms with E-state index in [1.165, 1.54) is 19.3 Å². The van der Waals surface area contributed by atoms with Crippen LogP contribution in [0.1, 0.15) is 50.7 Å². The number of fused-ring (bicyclic) bond motifs is 2. The van der Waals surface area contributed by atoms with Gasteiger partial charge in [-0.1, -0.05) is 18.6 Å². The molecule has 1 aromatic carbocycles. The van der Waals surface area contributed by atoms with E-state index in [1.807, 2.05) is 31.2 Å². The third-order valence-corrected chi connectivity index (χ3v) is 6.31. The van der Waals surface area contributed by atoms with Crippen molar-refractivity contribution in [2.75, 3.05) is 14.2 Å². The minimum Gasteiger partial charge on any atom is -0.497 e. The Kier molecular flexibility index (Phi) is 7.95. The molecule has 0 spiro atoms. The molecule has 2 aliphatic carbocycles. The number of halogens is 1. The smallest absolute Gasteiger partial charge is 0.223 e. The van der Waals surface area contributed by atoms with Gasteiger partial charge in [0.15, 0.2) is 0 Å². The monoisotopic (exact) mass is 396 g/mol. The Morgan fingerprint density at radius 3 is 2.26 bits per heavy atom. The normalized spacial score (nSPS) is 29.2. The zero-order chi connectivity index (χ0) is 18.7. The SMILES string of the molecule is COc1ccc(C(OC)C(C)NC(=O)C2CC3CCCC(C2)C3N)cc1.Cl. The Labute approximate surface area is 168 Å². The first-order valence-corrected chi connectivity index (χ1v) is 9.76. The van der Waals surface area contributed by atoms with E-state index >= 15 is 0 Å². The number of benzene rings is 1. The minimum atomic E-state index is -0.185. The van der Waals surface area contributed by atoms with Gasteiger partial charge < -0.3 is 20.5 Å². The quantitative estimate of drug-likeness (QED) is 0.772. The number of carbonyl (C=O) groups excluding carboxylic acids is 1. The van der Waals surface area contributed by atoms with Gasteiger partial charge in [0, 0.05) is 19.1 Å². The second kappa shape index (κ2) is 9.76. The van der Waals surface area contributed by atoms with Gasteiger partial charge >= 0.3 is 0 Å². The molecule has 2 saturated carbocycles. The van der Waals surface area contributed by atoms with E-state index in [-0.39, 0.29) is 42.4 Å². The molecule has 4 atom stereocenters. The highest BCUT2D eigenvalue weighted by Crippen LogP contribution is 2.42. The van der Waals surface area contributed by atoms with Gasteiger partial charge in [-0.25, -0.2) is 0 Å². The molecule has 3 rings (SSSR count). The van der Waals surface area contributed by atoms with Crippen molar-refractivity contribution in [2.45, 2.75) is 57.2 Å². The van der Waals surface area contributed by atoms with Crippen molar-refractivity contribution in [3.63, 3.8) is 0 Å². The highest BCUT2D eigenvalue weighted by Gasteiger charge is 2.40. The second-order valence-corrected chi connectivity index (χ2v) is 7.92. The summed E-state index contributed by atoms with van der Waals surface area (Å²) in [6, 6.07) is 7.99. The van der Waals surface area contributed by atoms with Crippen molar-refractivity contribution in [2.24, 2.45) is 23.5 Å². The molecule has 0 aliphatic heterocycles. The van der Waals surface area contributed by atoms with Gasteiger partial charge in [-0.15, -0.1) is 12.4 Å². The summed E-state index contributed by atoms with van der Waals surface area (Å²) in [7, 11) is 3.33. The number of carbonyl (C=O) groups is 1. The van der Waals surface area contributed by atoms with Crippen LogP contribution in [0.25, 0.3) is 0 Å². The highest BCUT2D eigenvalue weighted by molar-refractivity contribution is 5.85. The van der Waals surface area contributed by atoms with Crippen LogP contribution in [0, 0.1) is 17.8 Å². The lowest BCUT2D eigenvalue weighted by Crippen LogP contribution is -2.50. The van der Waals surface area contributed by atoms with Crippen LogP contribution in [0.5, 0.6) is 5.75 Å². The topological polar surface area (TPSA) is 73.6 Å². The van der Waals surface area contributed by atoms with Gasteiger partial charge in [0.2, 0.25) is 5.91 Å². The Morgan fingerprint density at radius 2 is 1.74 bits per heavy atom. The van der Waals surface area contributed by atoms with Gasteiger partial charge in [-0.2, -0.15) is 0 Å². The van der Waals surface area contributed by atoms with Crippen LogP contribution in [-0.2, 0) is 9.53 Å². The van der Waals surface area contributed by atoms with Gasteiger partial charge in [-0.3, -0.25) is 4.79 Å². The molecule has 152 valence electrons. The Balaban J connectivity index is 0.00000261. The molecular weight excluding hydrogens is 364 g/mol. The van der Waals surface area contributed by atoms with Gasteiger partial charge in [0.05, 0.1) is 13.2 Å². The van der Waals surface area contributed by atoms with Crippen LogP contribution in [-0.4, -0.2) is 32.2 Å². The zero-order valence-corrected chi connectivity index (χ0v) is 17.3. The Hall–Kier alpha value is -1.30. The first kappa shape index (κ1) is 22.0. The first-order valence-electron chi connectivity index (χ1n) is 9.76. The van der Waals surface area contributed by atoms with Crippen LogP contribution < -0.4 is 15.8 Å². The largest absolute Gasteiger partial charge is 0.497 e.